The molecule has 0 bridgehead atoms. The molecule has 1 heterocycles. The van der Waals surface area contributed by atoms with Crippen molar-refractivity contribution in [3.63, 3.8) is 0 Å². The first-order valence-corrected chi connectivity index (χ1v) is 7.73. The molecule has 2 aliphatic rings. The molecule has 1 aromatic rings. The molecule has 0 aromatic heterocycles. The lowest BCUT2D eigenvalue weighted by molar-refractivity contribution is 0.172. The monoisotopic (exact) mass is 258 g/mol. The Morgan fingerprint density at radius 1 is 1.11 bits per heavy atom. The molecular formula is C17H26N2. The molecule has 1 saturated heterocycles. The topological polar surface area (TPSA) is 15.3 Å². The molecule has 1 aromatic carbocycles. The van der Waals surface area contributed by atoms with Crippen LogP contribution in [0.25, 0.3) is 0 Å². The predicted molar refractivity (Wildman–Crippen MR) is 80.5 cm³/mol. The molecule has 1 N–H and O–H groups in total. The maximum absolute atomic E-state index is 3.58. The number of fused-ring (bicyclic) bond motifs is 1. The first-order chi connectivity index (χ1) is 9.22. The van der Waals surface area contributed by atoms with Crippen molar-refractivity contribution < 1.29 is 0 Å². The molecular weight excluding hydrogens is 232 g/mol. The number of hydrogen-bond acceptors (Lipinski definition) is 2. The molecule has 2 heteroatoms. The standard InChI is InChI=1S/C17H26N2/c1-13-8-18-9-14(2)11-19(10-13)12-16-7-15-5-3-4-6-17(15)16/h3-6,13-14,16,18H,7-12H2,1-2H3. The van der Waals surface area contributed by atoms with Crippen LogP contribution in [0.4, 0.5) is 0 Å². The molecule has 0 amide bonds. The maximum Gasteiger partial charge on any atom is 0.00538 e. The Hall–Kier alpha value is -0.860. The highest BCUT2D eigenvalue weighted by Crippen LogP contribution is 2.35. The summed E-state index contributed by atoms with van der Waals surface area (Å²) in [6.45, 7) is 10.8. The summed E-state index contributed by atoms with van der Waals surface area (Å²) >= 11 is 0. The molecule has 0 saturated carbocycles. The van der Waals surface area contributed by atoms with E-state index in [1.807, 2.05) is 0 Å². The summed E-state index contributed by atoms with van der Waals surface area (Å²) in [5, 5.41) is 3.58. The maximum atomic E-state index is 3.58. The van der Waals surface area contributed by atoms with Crippen molar-refractivity contribution in [2.75, 3.05) is 32.7 Å². The van der Waals surface area contributed by atoms with Gasteiger partial charge >= 0.3 is 0 Å². The van der Waals surface area contributed by atoms with Crippen molar-refractivity contribution in [1.82, 2.24) is 10.2 Å². The molecule has 3 unspecified atom stereocenters. The van der Waals surface area contributed by atoms with Crippen molar-refractivity contribution in [2.24, 2.45) is 11.8 Å². The van der Waals surface area contributed by atoms with Gasteiger partial charge in [-0.2, -0.15) is 0 Å². The minimum absolute atomic E-state index is 0.767. The fourth-order valence-corrected chi connectivity index (χ4v) is 3.65. The number of hydrogen-bond donors (Lipinski definition) is 1. The van der Waals surface area contributed by atoms with Gasteiger partial charge in [0.15, 0.2) is 0 Å². The van der Waals surface area contributed by atoms with Crippen LogP contribution in [0.15, 0.2) is 24.3 Å². The van der Waals surface area contributed by atoms with Crippen LogP contribution in [-0.2, 0) is 6.42 Å². The van der Waals surface area contributed by atoms with Gasteiger partial charge in [0.2, 0.25) is 0 Å². The second kappa shape index (κ2) is 5.64. The lowest BCUT2D eigenvalue weighted by atomic mass is 9.77. The van der Waals surface area contributed by atoms with Crippen molar-refractivity contribution in [3.8, 4) is 0 Å². The normalized spacial score (nSPS) is 32.0. The molecule has 2 nitrogen and oxygen atoms in total. The van der Waals surface area contributed by atoms with Crippen LogP contribution >= 0.6 is 0 Å². The van der Waals surface area contributed by atoms with Gasteiger partial charge in [-0.05, 0) is 42.5 Å². The summed E-state index contributed by atoms with van der Waals surface area (Å²) in [6, 6.07) is 8.96. The minimum atomic E-state index is 0.767. The summed E-state index contributed by atoms with van der Waals surface area (Å²) in [5.41, 5.74) is 3.17. The van der Waals surface area contributed by atoms with Crippen molar-refractivity contribution in [2.45, 2.75) is 26.2 Å². The van der Waals surface area contributed by atoms with Gasteiger partial charge in [-0.15, -0.1) is 0 Å². The van der Waals surface area contributed by atoms with Gasteiger partial charge in [-0.3, -0.25) is 0 Å². The Morgan fingerprint density at radius 2 is 1.79 bits per heavy atom. The SMILES string of the molecule is CC1CNCC(C)CN(CC2Cc3ccccc32)C1. The van der Waals surface area contributed by atoms with Crippen molar-refractivity contribution in [3.05, 3.63) is 35.4 Å². The Kier molecular flexibility index (Phi) is 3.90. The van der Waals surface area contributed by atoms with Crippen LogP contribution in [0.3, 0.4) is 0 Å². The average molecular weight is 258 g/mol. The summed E-state index contributed by atoms with van der Waals surface area (Å²) in [6.07, 6.45) is 1.29. The van der Waals surface area contributed by atoms with Crippen LogP contribution < -0.4 is 5.32 Å². The Labute approximate surface area is 117 Å². The van der Waals surface area contributed by atoms with E-state index in [0.717, 1.165) is 17.8 Å². The molecule has 3 atom stereocenters. The quantitative estimate of drug-likeness (QED) is 0.877. The van der Waals surface area contributed by atoms with Gasteiger partial charge in [0.05, 0.1) is 0 Å². The zero-order valence-corrected chi connectivity index (χ0v) is 12.2. The van der Waals surface area contributed by atoms with Crippen LogP contribution in [0.5, 0.6) is 0 Å². The largest absolute Gasteiger partial charge is 0.316 e. The summed E-state index contributed by atoms with van der Waals surface area (Å²) in [5.74, 6) is 2.31. The van der Waals surface area contributed by atoms with E-state index in [1.54, 1.807) is 11.1 Å². The van der Waals surface area contributed by atoms with E-state index in [1.165, 1.54) is 39.1 Å². The molecule has 0 radical (unpaired) electrons. The first-order valence-electron chi connectivity index (χ1n) is 7.73. The summed E-state index contributed by atoms with van der Waals surface area (Å²) in [4.78, 5) is 2.71. The van der Waals surface area contributed by atoms with E-state index < -0.39 is 0 Å². The molecule has 1 aliphatic carbocycles. The number of rotatable bonds is 2. The zero-order valence-electron chi connectivity index (χ0n) is 12.2. The van der Waals surface area contributed by atoms with Crippen LogP contribution in [0, 0.1) is 11.8 Å². The van der Waals surface area contributed by atoms with Crippen LogP contribution in [-0.4, -0.2) is 37.6 Å². The Morgan fingerprint density at radius 3 is 2.47 bits per heavy atom. The summed E-state index contributed by atoms with van der Waals surface area (Å²) < 4.78 is 0. The smallest absolute Gasteiger partial charge is 0.00538 e. The van der Waals surface area contributed by atoms with Crippen molar-refractivity contribution >= 4 is 0 Å². The van der Waals surface area contributed by atoms with Crippen LogP contribution in [0.2, 0.25) is 0 Å². The third-order valence-corrected chi connectivity index (χ3v) is 4.57. The Bertz CT molecular complexity index is 417. The van der Waals surface area contributed by atoms with E-state index in [4.69, 9.17) is 0 Å². The predicted octanol–water partition coefficient (Wildman–Crippen LogP) is 2.50. The lowest BCUT2D eigenvalue weighted by Crippen LogP contribution is -2.45. The fraction of sp³-hybridized carbons (Fsp3) is 0.647. The zero-order chi connectivity index (χ0) is 13.2. The van der Waals surface area contributed by atoms with Gasteiger partial charge in [0.1, 0.15) is 0 Å². The average Bonchev–Trinajstić information content (AvgIpc) is 2.33. The Balaban J connectivity index is 1.62. The summed E-state index contributed by atoms with van der Waals surface area (Å²) in [7, 11) is 0. The highest BCUT2D eigenvalue weighted by Gasteiger charge is 2.28. The van der Waals surface area contributed by atoms with Gasteiger partial charge in [0.25, 0.3) is 0 Å². The van der Waals surface area contributed by atoms with Crippen LogP contribution in [0.1, 0.15) is 30.9 Å². The third kappa shape index (κ3) is 3.01. The van der Waals surface area contributed by atoms with Gasteiger partial charge in [-0.1, -0.05) is 38.1 Å². The fourth-order valence-electron chi connectivity index (χ4n) is 3.65. The second-order valence-corrected chi connectivity index (χ2v) is 6.69. The van der Waals surface area contributed by atoms with E-state index in [9.17, 15) is 0 Å². The van der Waals surface area contributed by atoms with Gasteiger partial charge in [0, 0.05) is 25.6 Å². The van der Waals surface area contributed by atoms with E-state index in [0.29, 0.717) is 0 Å². The lowest BCUT2D eigenvalue weighted by Gasteiger charge is -2.38. The molecule has 3 rings (SSSR count). The second-order valence-electron chi connectivity index (χ2n) is 6.69. The highest BCUT2D eigenvalue weighted by molar-refractivity contribution is 5.40. The molecule has 104 valence electrons. The molecule has 0 spiro atoms. The highest BCUT2D eigenvalue weighted by atomic mass is 15.1. The van der Waals surface area contributed by atoms with Gasteiger partial charge in [-0.25, -0.2) is 0 Å². The van der Waals surface area contributed by atoms with E-state index in [-0.39, 0.29) is 0 Å². The molecule has 1 fully saturated rings. The molecule has 1 aliphatic heterocycles. The van der Waals surface area contributed by atoms with Gasteiger partial charge < -0.3 is 10.2 Å². The first kappa shape index (κ1) is 13.1. The number of nitrogens with zero attached hydrogens (tertiary/aromatic N) is 1. The van der Waals surface area contributed by atoms with E-state index >= 15 is 0 Å². The third-order valence-electron chi connectivity index (χ3n) is 4.57. The minimum Gasteiger partial charge on any atom is -0.316 e. The molecule has 19 heavy (non-hydrogen) atoms. The number of benzene rings is 1. The van der Waals surface area contributed by atoms with Crippen molar-refractivity contribution in [1.29, 1.82) is 0 Å². The van der Waals surface area contributed by atoms with E-state index in [2.05, 4.69) is 48.3 Å². The number of nitrogens with one attached hydrogen (secondary N) is 1.